The van der Waals surface area contributed by atoms with E-state index >= 15 is 0 Å². The Morgan fingerprint density at radius 3 is 2.74 bits per heavy atom. The van der Waals surface area contributed by atoms with Crippen LogP contribution in [-0.4, -0.2) is 48.5 Å². The Kier molecular flexibility index (Phi) is 5.66. The number of fused-ring (bicyclic) bond motifs is 1. The summed E-state index contributed by atoms with van der Waals surface area (Å²) in [6.45, 7) is 0.237. The number of aromatic nitrogens is 1. The third kappa shape index (κ3) is 4.40. The minimum Gasteiger partial charge on any atom is -0.482 e. The Morgan fingerprint density at radius 1 is 1.22 bits per heavy atom. The largest absolute Gasteiger partial charge is 0.482 e. The van der Waals surface area contributed by atoms with Crippen molar-refractivity contribution in [2.24, 2.45) is 7.05 Å². The number of nitrogens with one attached hydrogen (secondary N) is 2. The molecule has 2 N–H and O–H groups in total. The first-order chi connectivity index (χ1) is 13.0. The Hall–Kier alpha value is -3.00. The lowest BCUT2D eigenvalue weighted by Gasteiger charge is -2.29. The topological polar surface area (TPSA) is 92.7 Å². The zero-order valence-corrected chi connectivity index (χ0v) is 15.5. The number of amides is 3. The zero-order valence-electron chi connectivity index (χ0n) is 14.7. The molecule has 0 unspecified atom stereocenters. The van der Waals surface area contributed by atoms with Crippen molar-refractivity contribution in [1.82, 2.24) is 15.2 Å². The molecule has 0 bridgehead atoms. The molecule has 1 aromatic heterocycles. The van der Waals surface area contributed by atoms with Crippen molar-refractivity contribution in [1.29, 1.82) is 0 Å². The maximum atomic E-state index is 12.2. The number of hydrogen-bond donors (Lipinski definition) is 2. The number of benzene rings is 1. The van der Waals surface area contributed by atoms with Crippen molar-refractivity contribution in [3.8, 4) is 5.75 Å². The number of carbonyl (C=O) groups is 3. The van der Waals surface area contributed by atoms with Crippen LogP contribution in [0.5, 0.6) is 5.75 Å². The molecule has 3 rings (SSSR count). The molecule has 0 radical (unpaired) electrons. The van der Waals surface area contributed by atoms with Crippen molar-refractivity contribution in [3.63, 3.8) is 0 Å². The molecule has 27 heavy (non-hydrogen) atoms. The summed E-state index contributed by atoms with van der Waals surface area (Å²) >= 11 is 5.98. The van der Waals surface area contributed by atoms with Gasteiger partial charge in [0.05, 0.1) is 5.69 Å². The molecule has 0 spiro atoms. The average molecular weight is 391 g/mol. The van der Waals surface area contributed by atoms with Gasteiger partial charge >= 0.3 is 0 Å². The maximum absolute atomic E-state index is 12.2. The number of nitrogens with zero attached hydrogens (tertiary/aromatic N) is 2. The van der Waals surface area contributed by atoms with Crippen LogP contribution < -0.4 is 20.3 Å². The minimum atomic E-state index is -0.343. The number of hydrogen-bond acceptors (Lipinski definition) is 4. The fourth-order valence-corrected chi connectivity index (χ4v) is 2.88. The highest BCUT2D eigenvalue weighted by molar-refractivity contribution is 6.31. The number of carbonyl (C=O) groups excluding carboxylic acids is 3. The van der Waals surface area contributed by atoms with Gasteiger partial charge in [-0.25, -0.2) is 0 Å². The Labute approximate surface area is 161 Å². The van der Waals surface area contributed by atoms with Crippen LogP contribution >= 0.6 is 11.6 Å². The second-order valence-corrected chi connectivity index (χ2v) is 6.43. The van der Waals surface area contributed by atoms with E-state index in [1.165, 1.54) is 4.90 Å². The quantitative estimate of drug-likeness (QED) is 0.718. The van der Waals surface area contributed by atoms with E-state index in [1.54, 1.807) is 48.1 Å². The van der Waals surface area contributed by atoms with E-state index in [2.05, 4.69) is 10.6 Å². The van der Waals surface area contributed by atoms with Gasteiger partial charge in [0.2, 0.25) is 5.91 Å². The molecule has 0 fully saturated rings. The third-order valence-electron chi connectivity index (χ3n) is 4.07. The summed E-state index contributed by atoms with van der Waals surface area (Å²) in [6, 6.07) is 8.39. The van der Waals surface area contributed by atoms with Crippen LogP contribution in [0.2, 0.25) is 5.02 Å². The zero-order chi connectivity index (χ0) is 19.4. The second kappa shape index (κ2) is 8.13. The summed E-state index contributed by atoms with van der Waals surface area (Å²) in [4.78, 5) is 37.6. The highest BCUT2D eigenvalue weighted by atomic mass is 35.5. The van der Waals surface area contributed by atoms with Gasteiger partial charge in [-0.3, -0.25) is 19.3 Å². The summed E-state index contributed by atoms with van der Waals surface area (Å²) in [5.74, 6) is -0.383. The molecule has 0 aliphatic carbocycles. The third-order valence-corrected chi connectivity index (χ3v) is 4.31. The van der Waals surface area contributed by atoms with Crippen LogP contribution in [0.25, 0.3) is 0 Å². The average Bonchev–Trinajstić information content (AvgIpc) is 3.07. The highest BCUT2D eigenvalue weighted by Crippen LogP contribution is 2.34. The fourth-order valence-electron chi connectivity index (χ4n) is 2.71. The number of rotatable bonds is 6. The van der Waals surface area contributed by atoms with E-state index in [0.29, 0.717) is 22.2 Å². The van der Waals surface area contributed by atoms with E-state index in [-0.39, 0.29) is 44.0 Å². The molecule has 1 aromatic carbocycles. The lowest BCUT2D eigenvalue weighted by atomic mass is 10.2. The molecule has 2 heterocycles. The number of anilines is 1. The van der Waals surface area contributed by atoms with Gasteiger partial charge in [-0.1, -0.05) is 11.6 Å². The summed E-state index contributed by atoms with van der Waals surface area (Å²) in [5.41, 5.74) is 1.000. The van der Waals surface area contributed by atoms with E-state index in [4.69, 9.17) is 16.3 Å². The molecule has 1 aliphatic rings. The van der Waals surface area contributed by atoms with Crippen molar-refractivity contribution < 1.29 is 19.1 Å². The van der Waals surface area contributed by atoms with Crippen LogP contribution in [0, 0.1) is 0 Å². The predicted molar refractivity (Wildman–Crippen MR) is 100 cm³/mol. The van der Waals surface area contributed by atoms with Gasteiger partial charge in [0.1, 0.15) is 18.0 Å². The molecule has 3 amide bonds. The molecule has 142 valence electrons. The lowest BCUT2D eigenvalue weighted by molar-refractivity contribution is -0.125. The van der Waals surface area contributed by atoms with Crippen LogP contribution in [0.1, 0.15) is 10.5 Å². The molecule has 0 saturated heterocycles. The van der Waals surface area contributed by atoms with Gasteiger partial charge in [0.25, 0.3) is 11.8 Å². The molecule has 8 nitrogen and oxygen atoms in total. The van der Waals surface area contributed by atoms with Crippen LogP contribution in [0.4, 0.5) is 5.69 Å². The Balaban J connectivity index is 1.50. The standard InChI is InChI=1S/C18H19ClN4O4/c1-22-8-2-3-13(22)18(26)21-7-6-20-16(24)10-23-14-9-12(19)4-5-15(14)27-11-17(23)25/h2-5,8-9H,6-7,10-11H2,1H3,(H,20,24)(H,21,26). The van der Waals surface area contributed by atoms with E-state index in [0.717, 1.165) is 0 Å². The summed E-state index contributed by atoms with van der Waals surface area (Å²) in [7, 11) is 1.78. The lowest BCUT2D eigenvalue weighted by Crippen LogP contribution is -2.46. The number of aryl methyl sites for hydroxylation is 1. The van der Waals surface area contributed by atoms with Gasteiger partial charge in [0.15, 0.2) is 6.61 Å². The smallest absolute Gasteiger partial charge is 0.267 e. The minimum absolute atomic E-state index is 0.130. The molecule has 0 atom stereocenters. The van der Waals surface area contributed by atoms with Gasteiger partial charge in [0, 0.05) is 31.4 Å². The maximum Gasteiger partial charge on any atom is 0.267 e. The fraction of sp³-hybridized carbons (Fsp3) is 0.278. The number of halogens is 1. The molecule has 9 heteroatoms. The molecular weight excluding hydrogens is 372 g/mol. The Bertz CT molecular complexity index is 880. The second-order valence-electron chi connectivity index (χ2n) is 5.99. The Morgan fingerprint density at radius 2 is 2.00 bits per heavy atom. The van der Waals surface area contributed by atoms with Crippen molar-refractivity contribution in [3.05, 3.63) is 47.2 Å². The van der Waals surface area contributed by atoms with E-state index < -0.39 is 0 Å². The SMILES string of the molecule is Cn1cccc1C(=O)NCCNC(=O)CN1C(=O)COc2ccc(Cl)cc21. The van der Waals surface area contributed by atoms with E-state index in [1.807, 2.05) is 0 Å². The van der Waals surface area contributed by atoms with Crippen molar-refractivity contribution in [2.45, 2.75) is 0 Å². The molecule has 2 aromatic rings. The molecule has 0 saturated carbocycles. The number of ether oxygens (including phenoxy) is 1. The monoisotopic (exact) mass is 390 g/mol. The summed E-state index contributed by atoms with van der Waals surface area (Å²) < 4.78 is 7.05. The van der Waals surface area contributed by atoms with Crippen molar-refractivity contribution >= 4 is 35.0 Å². The molecular formula is C18H19ClN4O4. The van der Waals surface area contributed by atoms with Crippen LogP contribution in [0.3, 0.4) is 0 Å². The van der Waals surface area contributed by atoms with Gasteiger partial charge < -0.3 is 19.9 Å². The normalized spacial score (nSPS) is 13.0. The highest BCUT2D eigenvalue weighted by Gasteiger charge is 2.27. The van der Waals surface area contributed by atoms with Gasteiger partial charge in [-0.15, -0.1) is 0 Å². The predicted octanol–water partition coefficient (Wildman–Crippen LogP) is 0.950. The molecule has 1 aliphatic heterocycles. The van der Waals surface area contributed by atoms with E-state index in [9.17, 15) is 14.4 Å². The summed E-state index contributed by atoms with van der Waals surface area (Å²) in [6.07, 6.45) is 1.78. The van der Waals surface area contributed by atoms with Gasteiger partial charge in [-0.2, -0.15) is 0 Å². The van der Waals surface area contributed by atoms with Crippen molar-refractivity contribution in [2.75, 3.05) is 31.1 Å². The van der Waals surface area contributed by atoms with Gasteiger partial charge in [-0.05, 0) is 30.3 Å². The summed E-state index contributed by atoms with van der Waals surface area (Å²) in [5, 5.41) is 5.85. The van der Waals surface area contributed by atoms with Crippen LogP contribution in [0.15, 0.2) is 36.5 Å². The first-order valence-corrected chi connectivity index (χ1v) is 8.72. The van der Waals surface area contributed by atoms with Crippen LogP contribution in [-0.2, 0) is 16.6 Å². The first-order valence-electron chi connectivity index (χ1n) is 8.34. The first kappa shape index (κ1) is 18.8.